The Kier molecular flexibility index (Phi) is 3.60. The van der Waals surface area contributed by atoms with Crippen molar-refractivity contribution in [2.75, 3.05) is 6.54 Å². The van der Waals surface area contributed by atoms with Gasteiger partial charge in [0.1, 0.15) is 5.60 Å². The summed E-state index contributed by atoms with van der Waals surface area (Å²) < 4.78 is 5.33. The maximum absolute atomic E-state index is 11.8. The Morgan fingerprint density at radius 1 is 1.47 bits per heavy atom. The molecule has 4 nitrogen and oxygen atoms in total. The molecule has 1 amide bonds. The van der Waals surface area contributed by atoms with Gasteiger partial charge in [-0.25, -0.2) is 4.79 Å². The largest absolute Gasteiger partial charge is 0.444 e. The maximum Gasteiger partial charge on any atom is 0.410 e. The van der Waals surface area contributed by atoms with Crippen molar-refractivity contribution in [1.82, 2.24) is 4.90 Å². The Balaban J connectivity index is 2.59. The van der Waals surface area contributed by atoms with Gasteiger partial charge in [-0.15, -0.1) is 0 Å². The second-order valence-corrected chi connectivity index (χ2v) is 5.22. The normalized spacial score (nSPS) is 27.7. The van der Waals surface area contributed by atoms with Gasteiger partial charge in [0.05, 0.1) is 0 Å². The van der Waals surface area contributed by atoms with E-state index in [9.17, 15) is 4.79 Å². The first-order chi connectivity index (χ1) is 6.81. The molecule has 1 fully saturated rings. The quantitative estimate of drug-likeness (QED) is 0.668. The predicted octanol–water partition coefficient (Wildman–Crippen LogP) is 1.73. The van der Waals surface area contributed by atoms with E-state index in [0.29, 0.717) is 0 Å². The zero-order valence-corrected chi connectivity index (χ0v) is 10.1. The first kappa shape index (κ1) is 12.3. The van der Waals surface area contributed by atoms with Gasteiger partial charge in [-0.05, 0) is 40.5 Å². The Morgan fingerprint density at radius 3 is 2.60 bits per heavy atom. The monoisotopic (exact) mass is 214 g/mol. The Labute approximate surface area is 91.8 Å². The highest BCUT2D eigenvalue weighted by molar-refractivity contribution is 5.68. The SMILES string of the molecule is C[C@H]1[C@H](N)CCCN1C(=O)OC(C)(C)C. The van der Waals surface area contributed by atoms with Gasteiger partial charge in [-0.1, -0.05) is 0 Å². The van der Waals surface area contributed by atoms with E-state index in [1.54, 1.807) is 4.90 Å². The van der Waals surface area contributed by atoms with Crippen molar-refractivity contribution in [2.45, 2.75) is 58.2 Å². The molecule has 1 aliphatic rings. The summed E-state index contributed by atoms with van der Waals surface area (Å²) in [6.07, 6.45) is 1.70. The number of carbonyl (C=O) groups is 1. The van der Waals surface area contributed by atoms with Crippen LogP contribution in [0.2, 0.25) is 0 Å². The molecule has 1 rings (SSSR count). The van der Waals surface area contributed by atoms with Gasteiger partial charge >= 0.3 is 6.09 Å². The van der Waals surface area contributed by atoms with Crippen molar-refractivity contribution < 1.29 is 9.53 Å². The molecule has 0 radical (unpaired) electrons. The molecule has 0 aromatic heterocycles. The molecule has 0 aromatic rings. The molecule has 4 heteroatoms. The number of piperidine rings is 1. The molecule has 2 N–H and O–H groups in total. The van der Waals surface area contributed by atoms with Crippen LogP contribution in [0.25, 0.3) is 0 Å². The van der Waals surface area contributed by atoms with Crippen LogP contribution in [0.5, 0.6) is 0 Å². The second-order valence-electron chi connectivity index (χ2n) is 5.22. The molecule has 88 valence electrons. The van der Waals surface area contributed by atoms with E-state index >= 15 is 0 Å². The number of carbonyl (C=O) groups excluding carboxylic acids is 1. The van der Waals surface area contributed by atoms with Crippen LogP contribution in [0, 0.1) is 0 Å². The summed E-state index contributed by atoms with van der Waals surface area (Å²) >= 11 is 0. The summed E-state index contributed by atoms with van der Waals surface area (Å²) in [4.78, 5) is 13.6. The molecular weight excluding hydrogens is 192 g/mol. The van der Waals surface area contributed by atoms with Crippen molar-refractivity contribution in [3.63, 3.8) is 0 Å². The summed E-state index contributed by atoms with van der Waals surface area (Å²) in [5.74, 6) is 0. The Hall–Kier alpha value is -0.770. The highest BCUT2D eigenvalue weighted by atomic mass is 16.6. The lowest BCUT2D eigenvalue weighted by atomic mass is 9.99. The number of hydrogen-bond acceptors (Lipinski definition) is 3. The van der Waals surface area contributed by atoms with Gasteiger partial charge in [0.2, 0.25) is 0 Å². The molecule has 0 aromatic carbocycles. The molecule has 15 heavy (non-hydrogen) atoms. The van der Waals surface area contributed by atoms with Crippen LogP contribution in [0.15, 0.2) is 0 Å². The second kappa shape index (κ2) is 4.39. The fourth-order valence-electron chi connectivity index (χ4n) is 1.75. The third-order valence-electron chi connectivity index (χ3n) is 2.68. The fourth-order valence-corrected chi connectivity index (χ4v) is 1.75. The molecule has 0 aliphatic carbocycles. The number of amides is 1. The van der Waals surface area contributed by atoms with Crippen LogP contribution in [0.1, 0.15) is 40.5 Å². The number of nitrogens with two attached hydrogens (primary N) is 1. The average Bonchev–Trinajstić information content (AvgIpc) is 2.06. The van der Waals surface area contributed by atoms with E-state index < -0.39 is 5.60 Å². The first-order valence-electron chi connectivity index (χ1n) is 5.56. The lowest BCUT2D eigenvalue weighted by Gasteiger charge is -2.38. The van der Waals surface area contributed by atoms with Crippen molar-refractivity contribution in [3.05, 3.63) is 0 Å². The predicted molar refractivity (Wildman–Crippen MR) is 59.6 cm³/mol. The van der Waals surface area contributed by atoms with Gasteiger partial charge in [0.15, 0.2) is 0 Å². The molecule has 2 atom stereocenters. The topological polar surface area (TPSA) is 55.6 Å². The highest BCUT2D eigenvalue weighted by Crippen LogP contribution is 2.19. The van der Waals surface area contributed by atoms with Gasteiger partial charge in [-0.2, -0.15) is 0 Å². The number of likely N-dealkylation sites (tertiary alicyclic amines) is 1. The smallest absolute Gasteiger partial charge is 0.410 e. The van der Waals surface area contributed by atoms with E-state index in [4.69, 9.17) is 10.5 Å². The molecular formula is C11H22N2O2. The third-order valence-corrected chi connectivity index (χ3v) is 2.68. The van der Waals surface area contributed by atoms with Crippen molar-refractivity contribution in [3.8, 4) is 0 Å². The zero-order valence-electron chi connectivity index (χ0n) is 10.1. The van der Waals surface area contributed by atoms with E-state index in [-0.39, 0.29) is 18.2 Å². The third kappa shape index (κ3) is 3.38. The van der Waals surface area contributed by atoms with Gasteiger partial charge in [0, 0.05) is 18.6 Å². The van der Waals surface area contributed by atoms with Gasteiger partial charge in [-0.3, -0.25) is 0 Å². The van der Waals surface area contributed by atoms with E-state index in [1.807, 2.05) is 27.7 Å². The molecule has 1 heterocycles. The molecule has 0 bridgehead atoms. The van der Waals surface area contributed by atoms with E-state index in [1.165, 1.54) is 0 Å². The number of ether oxygens (including phenoxy) is 1. The van der Waals surface area contributed by atoms with E-state index in [0.717, 1.165) is 19.4 Å². The van der Waals surface area contributed by atoms with Crippen LogP contribution >= 0.6 is 0 Å². The summed E-state index contributed by atoms with van der Waals surface area (Å²) in [7, 11) is 0. The molecule has 1 saturated heterocycles. The van der Waals surface area contributed by atoms with Gasteiger partial charge in [0.25, 0.3) is 0 Å². The first-order valence-corrected chi connectivity index (χ1v) is 5.56. The van der Waals surface area contributed by atoms with Crippen LogP contribution in [-0.2, 0) is 4.74 Å². The zero-order chi connectivity index (χ0) is 11.6. The number of nitrogens with zero attached hydrogens (tertiary/aromatic N) is 1. The number of rotatable bonds is 0. The summed E-state index contributed by atoms with van der Waals surface area (Å²) in [6, 6.07) is 0.153. The summed E-state index contributed by atoms with van der Waals surface area (Å²) in [5, 5.41) is 0. The van der Waals surface area contributed by atoms with Crippen molar-refractivity contribution >= 4 is 6.09 Å². The molecule has 0 saturated carbocycles. The maximum atomic E-state index is 11.8. The summed E-state index contributed by atoms with van der Waals surface area (Å²) in [6.45, 7) is 8.36. The molecule has 0 unspecified atom stereocenters. The fraction of sp³-hybridized carbons (Fsp3) is 0.909. The summed E-state index contributed by atoms with van der Waals surface area (Å²) in [5.41, 5.74) is 5.49. The minimum atomic E-state index is -0.432. The number of hydrogen-bond donors (Lipinski definition) is 1. The minimum absolute atomic E-state index is 0.0752. The van der Waals surface area contributed by atoms with Crippen molar-refractivity contribution in [2.24, 2.45) is 5.73 Å². The minimum Gasteiger partial charge on any atom is -0.444 e. The lowest BCUT2D eigenvalue weighted by molar-refractivity contribution is 0.00933. The van der Waals surface area contributed by atoms with Gasteiger partial charge < -0.3 is 15.4 Å². The highest BCUT2D eigenvalue weighted by Gasteiger charge is 2.31. The van der Waals surface area contributed by atoms with E-state index in [2.05, 4.69) is 0 Å². The van der Waals surface area contributed by atoms with Crippen molar-refractivity contribution in [1.29, 1.82) is 0 Å². The standard InChI is InChI=1S/C11H22N2O2/c1-8-9(12)6-5-7-13(8)10(14)15-11(2,3)4/h8-9H,5-7,12H2,1-4H3/t8-,9+/m0/s1. The van der Waals surface area contributed by atoms with Crippen LogP contribution in [0.3, 0.4) is 0 Å². The Bertz CT molecular complexity index is 235. The molecule has 0 spiro atoms. The van der Waals surface area contributed by atoms with Crippen LogP contribution in [-0.4, -0.2) is 35.2 Å². The molecule has 1 aliphatic heterocycles. The Morgan fingerprint density at radius 2 is 2.07 bits per heavy atom. The van der Waals surface area contributed by atoms with Crippen LogP contribution in [0.4, 0.5) is 4.79 Å². The van der Waals surface area contributed by atoms with Crippen LogP contribution < -0.4 is 5.73 Å². The average molecular weight is 214 g/mol. The lowest BCUT2D eigenvalue weighted by Crippen LogP contribution is -2.53.